The van der Waals surface area contributed by atoms with Gasteiger partial charge >= 0.3 is 0 Å². The summed E-state index contributed by atoms with van der Waals surface area (Å²) in [6.07, 6.45) is 3.88. The first-order chi connectivity index (χ1) is 13.5. The smallest absolute Gasteiger partial charge is 0.253 e. The Bertz CT molecular complexity index is 1030. The van der Waals surface area contributed by atoms with Gasteiger partial charge in [-0.2, -0.15) is 0 Å². The number of pyridine rings is 1. The molecule has 3 heterocycles. The third-order valence-corrected chi connectivity index (χ3v) is 5.72. The average molecular weight is 377 g/mol. The SMILES string of the molecule is Cc1cc(N2CCC(Cn3cnc(C(C)C)cc3=O)CC2)c2ccccc2n1. The van der Waals surface area contributed by atoms with Crippen LogP contribution in [0.1, 0.15) is 44.0 Å². The third-order valence-electron chi connectivity index (χ3n) is 5.72. The van der Waals surface area contributed by atoms with Crippen LogP contribution in [0.3, 0.4) is 0 Å². The van der Waals surface area contributed by atoms with Gasteiger partial charge < -0.3 is 4.90 Å². The highest BCUT2D eigenvalue weighted by Crippen LogP contribution is 2.30. The molecule has 2 aromatic heterocycles. The van der Waals surface area contributed by atoms with E-state index in [1.54, 1.807) is 17.0 Å². The molecule has 0 saturated carbocycles. The number of anilines is 1. The normalized spacial score (nSPS) is 15.5. The molecule has 28 heavy (non-hydrogen) atoms. The molecule has 0 radical (unpaired) electrons. The Morgan fingerprint density at radius 3 is 2.61 bits per heavy atom. The third kappa shape index (κ3) is 3.79. The van der Waals surface area contributed by atoms with E-state index in [-0.39, 0.29) is 11.5 Å². The van der Waals surface area contributed by atoms with Crippen molar-refractivity contribution >= 4 is 16.6 Å². The molecule has 0 N–H and O–H groups in total. The highest BCUT2D eigenvalue weighted by Gasteiger charge is 2.22. The Labute approximate surface area is 166 Å². The monoisotopic (exact) mass is 376 g/mol. The maximum atomic E-state index is 12.4. The molecule has 3 aromatic rings. The van der Waals surface area contributed by atoms with Gasteiger partial charge in [0.25, 0.3) is 5.56 Å². The summed E-state index contributed by atoms with van der Waals surface area (Å²) in [7, 11) is 0. The molecule has 0 amide bonds. The fourth-order valence-corrected chi connectivity index (χ4v) is 4.07. The van der Waals surface area contributed by atoms with Crippen LogP contribution in [-0.2, 0) is 6.54 Å². The quantitative estimate of drug-likeness (QED) is 0.687. The zero-order chi connectivity index (χ0) is 19.7. The van der Waals surface area contributed by atoms with Gasteiger partial charge in [-0.15, -0.1) is 0 Å². The van der Waals surface area contributed by atoms with Gasteiger partial charge in [-0.3, -0.25) is 14.3 Å². The molecule has 0 unspecified atom stereocenters. The molecular weight excluding hydrogens is 348 g/mol. The van der Waals surface area contributed by atoms with E-state index in [1.807, 2.05) is 6.07 Å². The van der Waals surface area contributed by atoms with Crippen LogP contribution in [0, 0.1) is 12.8 Å². The molecule has 4 rings (SSSR count). The van der Waals surface area contributed by atoms with Crippen LogP contribution in [0.15, 0.2) is 47.5 Å². The molecule has 1 aliphatic heterocycles. The first-order valence-electron chi connectivity index (χ1n) is 10.2. The Balaban J connectivity index is 1.47. The van der Waals surface area contributed by atoms with Crippen LogP contribution in [-0.4, -0.2) is 27.6 Å². The highest BCUT2D eigenvalue weighted by molar-refractivity contribution is 5.92. The summed E-state index contributed by atoms with van der Waals surface area (Å²) in [6, 6.07) is 12.2. The van der Waals surface area contributed by atoms with Crippen LogP contribution in [0.25, 0.3) is 10.9 Å². The first kappa shape index (κ1) is 18.7. The predicted octanol–water partition coefficient (Wildman–Crippen LogP) is 4.14. The molecule has 0 aliphatic carbocycles. The lowest BCUT2D eigenvalue weighted by molar-refractivity contribution is 0.351. The Morgan fingerprint density at radius 1 is 1.14 bits per heavy atom. The van der Waals surface area contributed by atoms with Crippen LogP contribution in [0.5, 0.6) is 0 Å². The maximum absolute atomic E-state index is 12.4. The molecule has 0 atom stereocenters. The van der Waals surface area contributed by atoms with E-state index in [9.17, 15) is 4.79 Å². The van der Waals surface area contributed by atoms with Gasteiger partial charge in [0.2, 0.25) is 0 Å². The molecule has 0 spiro atoms. The van der Waals surface area contributed by atoms with Gasteiger partial charge in [-0.25, -0.2) is 4.98 Å². The number of aryl methyl sites for hydroxylation is 1. The van der Waals surface area contributed by atoms with E-state index in [2.05, 4.69) is 59.9 Å². The second-order valence-corrected chi connectivity index (χ2v) is 8.19. The maximum Gasteiger partial charge on any atom is 0.253 e. The minimum atomic E-state index is 0.0666. The lowest BCUT2D eigenvalue weighted by Gasteiger charge is -2.34. The summed E-state index contributed by atoms with van der Waals surface area (Å²) in [4.78, 5) is 24.0. The fraction of sp³-hybridized carbons (Fsp3) is 0.435. The van der Waals surface area contributed by atoms with Crippen molar-refractivity contribution in [3.05, 3.63) is 64.5 Å². The Kier molecular flexibility index (Phi) is 5.16. The average Bonchev–Trinajstić information content (AvgIpc) is 2.69. The number of benzene rings is 1. The van der Waals surface area contributed by atoms with Crippen molar-refractivity contribution in [2.24, 2.45) is 5.92 Å². The van der Waals surface area contributed by atoms with Gasteiger partial charge in [-0.1, -0.05) is 32.0 Å². The summed E-state index contributed by atoms with van der Waals surface area (Å²) in [5.41, 5.74) is 4.33. The summed E-state index contributed by atoms with van der Waals surface area (Å²) >= 11 is 0. The summed E-state index contributed by atoms with van der Waals surface area (Å²) in [5.74, 6) is 0.791. The lowest BCUT2D eigenvalue weighted by Crippen LogP contribution is -2.36. The second kappa shape index (κ2) is 7.74. The van der Waals surface area contributed by atoms with E-state index < -0.39 is 0 Å². The number of hydrogen-bond acceptors (Lipinski definition) is 4. The van der Waals surface area contributed by atoms with E-state index in [4.69, 9.17) is 0 Å². The van der Waals surface area contributed by atoms with Crippen LogP contribution >= 0.6 is 0 Å². The van der Waals surface area contributed by atoms with E-state index in [0.717, 1.165) is 49.4 Å². The van der Waals surface area contributed by atoms with Gasteiger partial charge in [0.1, 0.15) is 0 Å². The van der Waals surface area contributed by atoms with Gasteiger partial charge in [-0.05, 0) is 43.7 Å². The number of piperidine rings is 1. The molecule has 0 bridgehead atoms. The van der Waals surface area contributed by atoms with Gasteiger partial charge in [0.05, 0.1) is 17.5 Å². The second-order valence-electron chi connectivity index (χ2n) is 8.19. The highest BCUT2D eigenvalue weighted by atomic mass is 16.1. The van der Waals surface area contributed by atoms with E-state index >= 15 is 0 Å². The molecule has 5 heteroatoms. The molecule has 1 fully saturated rings. The molecule has 1 aliphatic rings. The van der Waals surface area contributed by atoms with Crippen molar-refractivity contribution in [3.63, 3.8) is 0 Å². The van der Waals surface area contributed by atoms with E-state index in [1.165, 1.54) is 11.1 Å². The van der Waals surface area contributed by atoms with Crippen LogP contribution < -0.4 is 10.5 Å². The van der Waals surface area contributed by atoms with Crippen LogP contribution in [0.4, 0.5) is 5.69 Å². The van der Waals surface area contributed by atoms with Crippen molar-refractivity contribution < 1.29 is 0 Å². The number of hydrogen-bond donors (Lipinski definition) is 0. The van der Waals surface area contributed by atoms with Crippen molar-refractivity contribution in [3.8, 4) is 0 Å². The lowest BCUT2D eigenvalue weighted by atomic mass is 9.95. The van der Waals surface area contributed by atoms with Crippen LogP contribution in [0.2, 0.25) is 0 Å². The molecule has 1 aromatic carbocycles. The molecule has 5 nitrogen and oxygen atoms in total. The van der Waals surface area contributed by atoms with Gasteiger partial charge in [0, 0.05) is 42.5 Å². The standard InChI is InChI=1S/C23H28N4O/c1-16(2)21-13-23(28)27(15-24-21)14-18-8-10-26(11-9-18)22-12-17(3)25-20-7-5-4-6-19(20)22/h4-7,12-13,15-16,18H,8-11,14H2,1-3H3. The van der Waals surface area contributed by atoms with Gasteiger partial charge in [0.15, 0.2) is 0 Å². The van der Waals surface area contributed by atoms with Crippen molar-refractivity contribution in [1.82, 2.24) is 14.5 Å². The number of fused-ring (bicyclic) bond motifs is 1. The number of aromatic nitrogens is 3. The number of para-hydroxylation sites is 1. The minimum Gasteiger partial charge on any atom is -0.371 e. The number of nitrogens with zero attached hydrogens (tertiary/aromatic N) is 4. The first-order valence-corrected chi connectivity index (χ1v) is 10.2. The summed E-state index contributed by atoms with van der Waals surface area (Å²) < 4.78 is 1.78. The van der Waals surface area contributed by atoms with E-state index in [0.29, 0.717) is 5.92 Å². The molecule has 146 valence electrons. The topological polar surface area (TPSA) is 51.0 Å². The van der Waals surface area contributed by atoms with Crippen molar-refractivity contribution in [1.29, 1.82) is 0 Å². The summed E-state index contributed by atoms with van der Waals surface area (Å²) in [5, 5.41) is 1.22. The zero-order valence-electron chi connectivity index (χ0n) is 16.9. The Hall–Kier alpha value is -2.69. The number of rotatable bonds is 4. The zero-order valence-corrected chi connectivity index (χ0v) is 16.9. The molecular formula is C23H28N4O. The van der Waals surface area contributed by atoms with Crippen molar-refractivity contribution in [2.45, 2.75) is 46.1 Å². The fourth-order valence-electron chi connectivity index (χ4n) is 4.07. The van der Waals surface area contributed by atoms with Crippen molar-refractivity contribution in [2.75, 3.05) is 18.0 Å². The predicted molar refractivity (Wildman–Crippen MR) is 114 cm³/mol. The summed E-state index contributed by atoms with van der Waals surface area (Å²) in [6.45, 7) is 8.95. The largest absolute Gasteiger partial charge is 0.371 e. The molecule has 1 saturated heterocycles. The minimum absolute atomic E-state index is 0.0666. The Morgan fingerprint density at radius 2 is 1.89 bits per heavy atom.